The van der Waals surface area contributed by atoms with Crippen LogP contribution in [-0.4, -0.2) is 55.9 Å². The molecule has 0 unspecified atom stereocenters. The van der Waals surface area contributed by atoms with Crippen LogP contribution >= 0.6 is 0 Å². The number of aliphatic hydroxyl groups is 1. The highest BCUT2D eigenvalue weighted by molar-refractivity contribution is 6.06. The van der Waals surface area contributed by atoms with Crippen LogP contribution in [0.5, 0.6) is 0 Å². The molecule has 3 aromatic carbocycles. The zero-order valence-corrected chi connectivity index (χ0v) is 23.2. The molecule has 0 aliphatic carbocycles. The number of rotatable bonds is 6. The number of aromatic amines is 1. The van der Waals surface area contributed by atoms with Crippen LogP contribution in [0.4, 0.5) is 17.1 Å². The molecule has 1 aliphatic rings. The summed E-state index contributed by atoms with van der Waals surface area (Å²) in [5.74, 6) is -0.428. The van der Waals surface area contributed by atoms with E-state index in [1.807, 2.05) is 77.5 Å². The fourth-order valence-electron chi connectivity index (χ4n) is 5.41. The van der Waals surface area contributed by atoms with Gasteiger partial charge in [0.2, 0.25) is 0 Å². The predicted octanol–water partition coefficient (Wildman–Crippen LogP) is 5.37. The smallest absolute Gasteiger partial charge is 0.257 e. The third-order valence-corrected chi connectivity index (χ3v) is 7.82. The number of nitrogens with zero attached hydrogens (tertiary/aromatic N) is 4. The average molecular weight is 572 g/mol. The quantitative estimate of drug-likeness (QED) is 0.213. The molecular formula is C33H29N7O3. The first-order valence-electron chi connectivity index (χ1n) is 14.2. The van der Waals surface area contributed by atoms with Crippen molar-refractivity contribution in [3.8, 4) is 5.69 Å². The highest BCUT2D eigenvalue weighted by Gasteiger charge is 2.18. The van der Waals surface area contributed by atoms with E-state index in [2.05, 4.69) is 30.6 Å². The van der Waals surface area contributed by atoms with E-state index in [0.717, 1.165) is 59.2 Å². The van der Waals surface area contributed by atoms with E-state index in [1.165, 1.54) is 0 Å². The maximum Gasteiger partial charge on any atom is 0.257 e. The molecule has 3 aromatic heterocycles. The van der Waals surface area contributed by atoms with Gasteiger partial charge in [0.25, 0.3) is 11.8 Å². The van der Waals surface area contributed by atoms with Crippen molar-refractivity contribution in [2.45, 2.75) is 18.9 Å². The van der Waals surface area contributed by atoms with E-state index in [1.54, 1.807) is 24.7 Å². The van der Waals surface area contributed by atoms with Gasteiger partial charge in [-0.15, -0.1) is 0 Å². The van der Waals surface area contributed by atoms with Crippen LogP contribution in [0.1, 0.15) is 33.6 Å². The largest absolute Gasteiger partial charge is 0.393 e. The van der Waals surface area contributed by atoms with Crippen molar-refractivity contribution >= 4 is 50.8 Å². The molecule has 4 heterocycles. The number of piperidine rings is 1. The Morgan fingerprint density at radius 1 is 0.791 bits per heavy atom. The van der Waals surface area contributed by atoms with Gasteiger partial charge in [-0.25, -0.2) is 4.68 Å². The van der Waals surface area contributed by atoms with E-state index in [9.17, 15) is 14.7 Å². The SMILES string of the molecule is O=C(Nc1ccc2c(cnn2-c2ccc(NC(=O)c3cnc4cc[nH]c4c3)cc2)c1)c1ccc(N2CCC(O)CC2)cc1. The number of H-pyrrole nitrogens is 1. The Hall–Kier alpha value is -5.48. The molecule has 214 valence electrons. The normalized spacial score (nSPS) is 13.8. The summed E-state index contributed by atoms with van der Waals surface area (Å²) in [6.07, 6.45) is 6.41. The predicted molar refractivity (Wildman–Crippen MR) is 167 cm³/mol. The number of anilines is 3. The number of nitrogens with one attached hydrogen (secondary N) is 3. The maximum absolute atomic E-state index is 12.9. The molecule has 1 saturated heterocycles. The highest BCUT2D eigenvalue weighted by Crippen LogP contribution is 2.25. The van der Waals surface area contributed by atoms with Gasteiger partial charge < -0.3 is 25.6 Å². The van der Waals surface area contributed by atoms with Gasteiger partial charge in [-0.3, -0.25) is 14.6 Å². The number of hydrogen-bond donors (Lipinski definition) is 4. The zero-order chi connectivity index (χ0) is 29.3. The first-order chi connectivity index (χ1) is 21.0. The number of fused-ring (bicyclic) bond motifs is 2. The van der Waals surface area contributed by atoms with Crippen LogP contribution < -0.4 is 15.5 Å². The van der Waals surface area contributed by atoms with E-state index in [-0.39, 0.29) is 17.9 Å². The molecule has 10 heteroatoms. The third-order valence-electron chi connectivity index (χ3n) is 7.82. The third kappa shape index (κ3) is 5.43. The van der Waals surface area contributed by atoms with Crippen molar-refractivity contribution in [3.63, 3.8) is 0 Å². The van der Waals surface area contributed by atoms with Crippen molar-refractivity contribution in [2.75, 3.05) is 28.6 Å². The molecule has 6 aromatic rings. The summed E-state index contributed by atoms with van der Waals surface area (Å²) in [7, 11) is 0. The van der Waals surface area contributed by atoms with E-state index in [4.69, 9.17) is 0 Å². The minimum atomic E-state index is -0.241. The Labute approximate surface area is 247 Å². The summed E-state index contributed by atoms with van der Waals surface area (Å²) in [6, 6.07) is 24.3. The highest BCUT2D eigenvalue weighted by atomic mass is 16.3. The van der Waals surface area contributed by atoms with Crippen LogP contribution in [0, 0.1) is 0 Å². The minimum Gasteiger partial charge on any atom is -0.393 e. The summed E-state index contributed by atoms with van der Waals surface area (Å²) in [5.41, 5.74) is 6.77. The molecule has 0 radical (unpaired) electrons. The standard InChI is InChI=1S/C33H29N7O3/c41-28-12-15-39(16-13-28)26-6-1-21(2-7-26)32(42)38-25-5-10-31-22(17-25)20-36-40(31)27-8-3-24(4-9-27)37-33(43)23-18-30-29(35-19-23)11-14-34-30/h1-11,14,17-20,28,34,41H,12-13,15-16H2,(H,37,43)(H,38,42). The van der Waals surface area contributed by atoms with Gasteiger partial charge >= 0.3 is 0 Å². The fourth-order valence-corrected chi connectivity index (χ4v) is 5.41. The summed E-state index contributed by atoms with van der Waals surface area (Å²) in [4.78, 5) is 35.3. The van der Waals surface area contributed by atoms with E-state index < -0.39 is 0 Å². The van der Waals surface area contributed by atoms with E-state index in [0.29, 0.717) is 22.5 Å². The molecule has 2 amide bonds. The Morgan fingerprint density at radius 3 is 2.28 bits per heavy atom. The summed E-state index contributed by atoms with van der Waals surface area (Å²) in [5, 5.41) is 21.1. The second-order valence-electron chi connectivity index (χ2n) is 10.7. The monoisotopic (exact) mass is 571 g/mol. The number of aromatic nitrogens is 4. The molecule has 0 atom stereocenters. The first kappa shape index (κ1) is 26.4. The summed E-state index contributed by atoms with van der Waals surface area (Å²) >= 11 is 0. The topological polar surface area (TPSA) is 128 Å². The minimum absolute atomic E-state index is 0.186. The Morgan fingerprint density at radius 2 is 1.49 bits per heavy atom. The van der Waals surface area contributed by atoms with Gasteiger partial charge in [-0.1, -0.05) is 0 Å². The molecular weight excluding hydrogens is 542 g/mol. The molecule has 0 saturated carbocycles. The number of aliphatic hydroxyl groups excluding tert-OH is 1. The number of hydrogen-bond acceptors (Lipinski definition) is 6. The number of carbonyl (C=O) groups excluding carboxylic acids is 2. The molecule has 1 aliphatic heterocycles. The van der Waals surface area contributed by atoms with Crippen LogP contribution in [-0.2, 0) is 0 Å². The lowest BCUT2D eigenvalue weighted by Gasteiger charge is -2.31. The van der Waals surface area contributed by atoms with Gasteiger partial charge in [0.15, 0.2) is 0 Å². The fraction of sp³-hybridized carbons (Fsp3) is 0.152. The van der Waals surface area contributed by atoms with Gasteiger partial charge in [-0.05, 0) is 91.7 Å². The summed E-state index contributed by atoms with van der Waals surface area (Å²) < 4.78 is 1.81. The molecule has 4 N–H and O–H groups in total. The van der Waals surface area contributed by atoms with Crippen LogP contribution in [0.15, 0.2) is 97.5 Å². The average Bonchev–Trinajstić information content (AvgIpc) is 3.68. The lowest BCUT2D eigenvalue weighted by atomic mass is 10.1. The van der Waals surface area contributed by atoms with Gasteiger partial charge in [0, 0.05) is 53.5 Å². The van der Waals surface area contributed by atoms with Crippen LogP contribution in [0.25, 0.3) is 27.6 Å². The first-order valence-corrected chi connectivity index (χ1v) is 14.2. The Balaban J connectivity index is 1.01. The molecule has 0 bridgehead atoms. The number of pyridine rings is 1. The Bertz CT molecular complexity index is 1940. The molecule has 1 fully saturated rings. The van der Waals surface area contributed by atoms with Crippen molar-refractivity contribution < 1.29 is 14.7 Å². The van der Waals surface area contributed by atoms with Crippen molar-refractivity contribution in [1.29, 1.82) is 0 Å². The lowest BCUT2D eigenvalue weighted by molar-refractivity contribution is 0.101. The second-order valence-corrected chi connectivity index (χ2v) is 10.7. The van der Waals surface area contributed by atoms with Gasteiger partial charge in [0.05, 0.1) is 40.1 Å². The molecule has 7 rings (SSSR count). The number of carbonyl (C=O) groups is 2. The zero-order valence-electron chi connectivity index (χ0n) is 23.2. The van der Waals surface area contributed by atoms with Crippen molar-refractivity contribution in [1.82, 2.24) is 19.7 Å². The van der Waals surface area contributed by atoms with Gasteiger partial charge in [-0.2, -0.15) is 5.10 Å². The van der Waals surface area contributed by atoms with Gasteiger partial charge in [0.1, 0.15) is 0 Å². The molecule has 10 nitrogen and oxygen atoms in total. The molecule has 43 heavy (non-hydrogen) atoms. The van der Waals surface area contributed by atoms with E-state index >= 15 is 0 Å². The van der Waals surface area contributed by atoms with Crippen molar-refractivity contribution in [3.05, 3.63) is 109 Å². The van der Waals surface area contributed by atoms with Crippen LogP contribution in [0.3, 0.4) is 0 Å². The number of amides is 2. The van der Waals surface area contributed by atoms with Crippen molar-refractivity contribution in [2.24, 2.45) is 0 Å². The lowest BCUT2D eigenvalue weighted by Crippen LogP contribution is -2.35. The second kappa shape index (κ2) is 11.1. The maximum atomic E-state index is 12.9. The molecule has 0 spiro atoms. The Kier molecular flexibility index (Phi) is 6.80. The summed E-state index contributed by atoms with van der Waals surface area (Å²) in [6.45, 7) is 1.62. The van der Waals surface area contributed by atoms with Crippen LogP contribution in [0.2, 0.25) is 0 Å². The number of benzene rings is 3.